The number of nitriles is 1. The normalized spacial score (nSPS) is 37.3. The molecule has 4 heteroatoms. The van der Waals surface area contributed by atoms with Crippen molar-refractivity contribution in [1.29, 1.82) is 5.26 Å². The van der Waals surface area contributed by atoms with E-state index in [1.54, 1.807) is 4.90 Å². The molecular weight excluding hydrogens is 238 g/mol. The summed E-state index contributed by atoms with van der Waals surface area (Å²) in [5, 5.41) is 12.4. The molecule has 3 atom stereocenters. The van der Waals surface area contributed by atoms with Crippen LogP contribution in [-0.2, 0) is 4.79 Å². The summed E-state index contributed by atoms with van der Waals surface area (Å²) in [5.41, 5.74) is 0. The molecule has 4 nitrogen and oxygen atoms in total. The quantitative estimate of drug-likeness (QED) is 0.840. The van der Waals surface area contributed by atoms with Crippen LogP contribution in [0.25, 0.3) is 0 Å². The SMILES string of the molecule is N#CC1CCCN1C(=O)CNC1CC2CCCC2C1. The number of nitrogens with one attached hydrogen (secondary N) is 1. The van der Waals surface area contributed by atoms with E-state index < -0.39 is 0 Å². The first-order valence-corrected chi connectivity index (χ1v) is 7.70. The molecule has 2 aliphatic carbocycles. The summed E-state index contributed by atoms with van der Waals surface area (Å²) in [6.45, 7) is 1.18. The van der Waals surface area contributed by atoms with Gasteiger partial charge in [-0.3, -0.25) is 4.79 Å². The minimum absolute atomic E-state index is 0.112. The highest BCUT2D eigenvalue weighted by Crippen LogP contribution is 2.43. The van der Waals surface area contributed by atoms with E-state index in [1.807, 2.05) is 0 Å². The molecule has 1 N–H and O–H groups in total. The third kappa shape index (κ3) is 2.62. The van der Waals surface area contributed by atoms with Gasteiger partial charge in [-0.2, -0.15) is 5.26 Å². The van der Waals surface area contributed by atoms with Gasteiger partial charge in [0.15, 0.2) is 0 Å². The molecule has 0 aromatic carbocycles. The highest BCUT2D eigenvalue weighted by atomic mass is 16.2. The number of nitrogens with zero attached hydrogens (tertiary/aromatic N) is 2. The fourth-order valence-electron chi connectivity index (χ4n) is 4.26. The maximum atomic E-state index is 12.1. The summed E-state index contributed by atoms with van der Waals surface area (Å²) in [5.74, 6) is 1.93. The van der Waals surface area contributed by atoms with E-state index in [-0.39, 0.29) is 11.9 Å². The van der Waals surface area contributed by atoms with Crippen LogP contribution in [0.15, 0.2) is 0 Å². The van der Waals surface area contributed by atoms with E-state index in [4.69, 9.17) is 5.26 Å². The molecule has 1 amide bonds. The van der Waals surface area contributed by atoms with Crippen LogP contribution < -0.4 is 5.32 Å². The molecule has 0 aromatic heterocycles. The maximum Gasteiger partial charge on any atom is 0.237 e. The Bertz CT molecular complexity index is 377. The Morgan fingerprint density at radius 3 is 2.63 bits per heavy atom. The zero-order chi connectivity index (χ0) is 13.2. The van der Waals surface area contributed by atoms with Crippen LogP contribution >= 0.6 is 0 Å². The van der Waals surface area contributed by atoms with Crippen molar-refractivity contribution in [3.63, 3.8) is 0 Å². The van der Waals surface area contributed by atoms with Crippen molar-refractivity contribution in [2.24, 2.45) is 11.8 Å². The molecule has 1 saturated heterocycles. The number of likely N-dealkylation sites (tertiary alicyclic amines) is 1. The molecule has 104 valence electrons. The fraction of sp³-hybridized carbons (Fsp3) is 0.867. The number of hydrogen-bond donors (Lipinski definition) is 1. The highest BCUT2D eigenvalue weighted by molar-refractivity contribution is 5.79. The second-order valence-corrected chi connectivity index (χ2v) is 6.37. The predicted octanol–water partition coefficient (Wildman–Crippen LogP) is 1.67. The third-order valence-electron chi connectivity index (χ3n) is 5.26. The molecule has 3 rings (SSSR count). The number of amides is 1. The molecule has 0 spiro atoms. The Kier molecular flexibility index (Phi) is 3.74. The first-order valence-electron chi connectivity index (χ1n) is 7.70. The smallest absolute Gasteiger partial charge is 0.237 e. The average molecular weight is 261 g/mol. The summed E-state index contributed by atoms with van der Waals surface area (Å²) >= 11 is 0. The van der Waals surface area contributed by atoms with Crippen LogP contribution in [0.4, 0.5) is 0 Å². The largest absolute Gasteiger partial charge is 0.326 e. The van der Waals surface area contributed by atoms with Gasteiger partial charge in [0.05, 0.1) is 12.6 Å². The molecule has 1 aliphatic heterocycles. The Balaban J connectivity index is 1.45. The number of hydrogen-bond acceptors (Lipinski definition) is 3. The number of carbonyl (C=O) groups is 1. The second-order valence-electron chi connectivity index (χ2n) is 6.37. The number of fused-ring (bicyclic) bond motifs is 1. The zero-order valence-corrected chi connectivity index (χ0v) is 11.5. The lowest BCUT2D eigenvalue weighted by Crippen LogP contribution is -2.43. The van der Waals surface area contributed by atoms with Gasteiger partial charge in [-0.1, -0.05) is 19.3 Å². The molecule has 3 unspecified atom stereocenters. The molecule has 0 radical (unpaired) electrons. The fourth-order valence-corrected chi connectivity index (χ4v) is 4.26. The Morgan fingerprint density at radius 2 is 1.95 bits per heavy atom. The van der Waals surface area contributed by atoms with Crippen molar-refractivity contribution in [2.45, 2.75) is 57.0 Å². The minimum atomic E-state index is -0.183. The van der Waals surface area contributed by atoms with Gasteiger partial charge in [0, 0.05) is 12.6 Å². The highest BCUT2D eigenvalue weighted by Gasteiger charge is 2.37. The Morgan fingerprint density at radius 1 is 1.21 bits per heavy atom. The van der Waals surface area contributed by atoms with Crippen molar-refractivity contribution >= 4 is 5.91 Å². The van der Waals surface area contributed by atoms with Crippen LogP contribution in [0.5, 0.6) is 0 Å². The monoisotopic (exact) mass is 261 g/mol. The standard InChI is InChI=1S/C15H23N3O/c16-9-14-5-2-6-18(14)15(19)10-17-13-7-11-3-1-4-12(11)8-13/h11-14,17H,1-8,10H2. The van der Waals surface area contributed by atoms with Crippen molar-refractivity contribution < 1.29 is 4.79 Å². The van der Waals surface area contributed by atoms with Crippen molar-refractivity contribution in [3.05, 3.63) is 0 Å². The Hall–Kier alpha value is -1.08. The van der Waals surface area contributed by atoms with Crippen LogP contribution in [0.1, 0.15) is 44.9 Å². The van der Waals surface area contributed by atoms with E-state index in [0.717, 1.165) is 31.2 Å². The summed E-state index contributed by atoms with van der Waals surface area (Å²) < 4.78 is 0. The van der Waals surface area contributed by atoms with Gasteiger partial charge in [0.1, 0.15) is 6.04 Å². The molecule has 3 fully saturated rings. The van der Waals surface area contributed by atoms with E-state index in [2.05, 4.69) is 11.4 Å². The zero-order valence-electron chi connectivity index (χ0n) is 11.5. The van der Waals surface area contributed by atoms with Crippen LogP contribution in [0, 0.1) is 23.2 Å². The predicted molar refractivity (Wildman–Crippen MR) is 72.2 cm³/mol. The lowest BCUT2D eigenvalue weighted by Gasteiger charge is -2.21. The second kappa shape index (κ2) is 5.50. The topological polar surface area (TPSA) is 56.1 Å². The molecule has 0 bridgehead atoms. The molecule has 19 heavy (non-hydrogen) atoms. The van der Waals surface area contributed by atoms with Crippen molar-refractivity contribution in [1.82, 2.24) is 10.2 Å². The number of carbonyl (C=O) groups excluding carboxylic acids is 1. The van der Waals surface area contributed by atoms with Gasteiger partial charge in [-0.15, -0.1) is 0 Å². The van der Waals surface area contributed by atoms with Crippen LogP contribution in [-0.4, -0.2) is 36.0 Å². The maximum absolute atomic E-state index is 12.1. The van der Waals surface area contributed by atoms with Gasteiger partial charge in [0.2, 0.25) is 5.91 Å². The molecule has 3 aliphatic rings. The number of rotatable bonds is 3. The summed E-state index contributed by atoms with van der Waals surface area (Å²) in [7, 11) is 0. The first kappa shape index (κ1) is 12.9. The van der Waals surface area contributed by atoms with Gasteiger partial charge < -0.3 is 10.2 Å². The van der Waals surface area contributed by atoms with E-state index in [1.165, 1.54) is 32.1 Å². The van der Waals surface area contributed by atoms with E-state index >= 15 is 0 Å². The molecule has 1 heterocycles. The molecule has 0 aromatic rings. The lowest BCUT2D eigenvalue weighted by molar-refractivity contribution is -0.130. The summed E-state index contributed by atoms with van der Waals surface area (Å²) in [6.07, 6.45) is 8.49. The van der Waals surface area contributed by atoms with Gasteiger partial charge >= 0.3 is 0 Å². The summed E-state index contributed by atoms with van der Waals surface area (Å²) in [6, 6.07) is 2.58. The summed E-state index contributed by atoms with van der Waals surface area (Å²) in [4.78, 5) is 13.9. The van der Waals surface area contributed by atoms with E-state index in [9.17, 15) is 4.79 Å². The van der Waals surface area contributed by atoms with Gasteiger partial charge in [0.25, 0.3) is 0 Å². The lowest BCUT2D eigenvalue weighted by atomic mass is 10.0. The Labute approximate surface area is 115 Å². The minimum Gasteiger partial charge on any atom is -0.326 e. The van der Waals surface area contributed by atoms with Crippen LogP contribution in [0.2, 0.25) is 0 Å². The van der Waals surface area contributed by atoms with Crippen molar-refractivity contribution in [2.75, 3.05) is 13.1 Å². The first-order chi connectivity index (χ1) is 9.28. The van der Waals surface area contributed by atoms with Crippen LogP contribution in [0.3, 0.4) is 0 Å². The van der Waals surface area contributed by atoms with Gasteiger partial charge in [-0.25, -0.2) is 0 Å². The molecule has 2 saturated carbocycles. The third-order valence-corrected chi connectivity index (χ3v) is 5.26. The molecular formula is C15H23N3O. The van der Waals surface area contributed by atoms with E-state index in [0.29, 0.717) is 12.6 Å². The average Bonchev–Trinajstić information content (AvgIpc) is 3.09. The van der Waals surface area contributed by atoms with Crippen molar-refractivity contribution in [3.8, 4) is 6.07 Å². The van der Waals surface area contributed by atoms with Gasteiger partial charge in [-0.05, 0) is 37.5 Å².